The van der Waals surface area contributed by atoms with E-state index in [0.717, 1.165) is 45.5 Å². The lowest BCUT2D eigenvalue weighted by Crippen LogP contribution is -2.62. The van der Waals surface area contributed by atoms with Crippen LogP contribution in [0.5, 0.6) is 0 Å². The highest BCUT2D eigenvalue weighted by atomic mass is 16.5. The maximum absolute atomic E-state index is 6.14. The first kappa shape index (κ1) is 16.2. The van der Waals surface area contributed by atoms with Crippen LogP contribution in [0.2, 0.25) is 0 Å². The van der Waals surface area contributed by atoms with Gasteiger partial charge in [0.05, 0.1) is 5.60 Å². The Morgan fingerprint density at radius 1 is 1.25 bits per heavy atom. The second-order valence-corrected chi connectivity index (χ2v) is 7.09. The highest BCUT2D eigenvalue weighted by Crippen LogP contribution is 2.40. The van der Waals surface area contributed by atoms with Gasteiger partial charge in [0.25, 0.3) is 0 Å². The minimum Gasteiger partial charge on any atom is -0.381 e. The van der Waals surface area contributed by atoms with Crippen molar-refractivity contribution in [2.75, 3.05) is 33.9 Å². The average molecular weight is 285 g/mol. The zero-order valence-electron chi connectivity index (χ0n) is 13.4. The van der Waals surface area contributed by atoms with Crippen LogP contribution in [0.15, 0.2) is 0 Å². The summed E-state index contributed by atoms with van der Waals surface area (Å²) in [5.41, 5.74) is 3.13. The molecule has 3 N–H and O–H groups in total. The van der Waals surface area contributed by atoms with Crippen LogP contribution in [0.1, 0.15) is 39.5 Å². The van der Waals surface area contributed by atoms with Gasteiger partial charge in [0, 0.05) is 31.4 Å². The van der Waals surface area contributed by atoms with Crippen LogP contribution in [0.25, 0.3) is 0 Å². The van der Waals surface area contributed by atoms with E-state index >= 15 is 0 Å². The van der Waals surface area contributed by atoms with Crippen LogP contribution in [-0.4, -0.2) is 56.0 Å². The van der Waals surface area contributed by atoms with E-state index < -0.39 is 0 Å². The van der Waals surface area contributed by atoms with Gasteiger partial charge in [0.1, 0.15) is 0 Å². The van der Waals surface area contributed by atoms with Gasteiger partial charge in [-0.25, -0.2) is 0 Å². The van der Waals surface area contributed by atoms with Crippen LogP contribution in [0.3, 0.4) is 0 Å². The Morgan fingerprint density at radius 3 is 2.45 bits per heavy atom. The van der Waals surface area contributed by atoms with Gasteiger partial charge < -0.3 is 14.4 Å². The molecule has 2 fully saturated rings. The topological polar surface area (TPSA) is 59.8 Å². The maximum atomic E-state index is 6.14. The first-order chi connectivity index (χ1) is 9.41. The number of hydrogen-bond acceptors (Lipinski definition) is 5. The Bertz CT molecular complexity index is 309. The molecule has 2 aliphatic rings. The van der Waals surface area contributed by atoms with E-state index in [1.807, 2.05) is 0 Å². The number of nitrogens with one attached hydrogen (secondary N) is 1. The van der Waals surface area contributed by atoms with Crippen molar-refractivity contribution in [3.05, 3.63) is 0 Å². The first-order valence-corrected chi connectivity index (χ1v) is 7.76. The highest BCUT2D eigenvalue weighted by molar-refractivity contribution is 4.99. The molecule has 0 amide bonds. The molecule has 1 spiro atoms. The molecule has 0 aromatic rings. The number of nitrogens with two attached hydrogens (primary N) is 1. The van der Waals surface area contributed by atoms with Crippen LogP contribution < -0.4 is 11.3 Å². The third-order valence-corrected chi connectivity index (χ3v) is 5.50. The average Bonchev–Trinajstić information content (AvgIpc) is 2.40. The van der Waals surface area contributed by atoms with Crippen molar-refractivity contribution in [2.45, 2.75) is 56.7 Å². The molecule has 0 radical (unpaired) electrons. The summed E-state index contributed by atoms with van der Waals surface area (Å²) in [5.74, 6) is 6.45. The molecular formula is C15H31N3O2. The van der Waals surface area contributed by atoms with Crippen molar-refractivity contribution < 1.29 is 9.47 Å². The minimum absolute atomic E-state index is 0.0170. The molecule has 2 aliphatic heterocycles. The van der Waals surface area contributed by atoms with Gasteiger partial charge in [-0.1, -0.05) is 0 Å². The van der Waals surface area contributed by atoms with Crippen molar-refractivity contribution in [1.82, 2.24) is 10.3 Å². The van der Waals surface area contributed by atoms with Gasteiger partial charge in [-0.2, -0.15) is 0 Å². The molecule has 0 aromatic carbocycles. The van der Waals surface area contributed by atoms with E-state index in [0.29, 0.717) is 5.92 Å². The second-order valence-electron chi connectivity index (χ2n) is 7.09. The van der Waals surface area contributed by atoms with Crippen LogP contribution in [-0.2, 0) is 9.47 Å². The highest BCUT2D eigenvalue weighted by Gasteiger charge is 2.45. The molecular weight excluding hydrogens is 254 g/mol. The summed E-state index contributed by atoms with van der Waals surface area (Å²) in [6.07, 6.45) is 4.20. The first-order valence-electron chi connectivity index (χ1n) is 7.76. The maximum Gasteiger partial charge on any atom is 0.0729 e. The van der Waals surface area contributed by atoms with Gasteiger partial charge in [-0.05, 0) is 59.5 Å². The fourth-order valence-corrected chi connectivity index (χ4v) is 3.64. The molecule has 2 rings (SSSR count). The van der Waals surface area contributed by atoms with E-state index in [2.05, 4.69) is 38.3 Å². The zero-order chi connectivity index (χ0) is 14.8. The lowest BCUT2D eigenvalue weighted by molar-refractivity contribution is -0.154. The summed E-state index contributed by atoms with van der Waals surface area (Å²) < 4.78 is 11.6. The molecule has 0 saturated carbocycles. The Balaban J connectivity index is 2.10. The molecule has 2 atom stereocenters. The molecule has 118 valence electrons. The molecule has 0 bridgehead atoms. The molecule has 2 saturated heterocycles. The second kappa shape index (κ2) is 6.28. The molecule has 2 heterocycles. The minimum atomic E-state index is 0.0170. The Labute approximate surface area is 123 Å². The predicted molar refractivity (Wildman–Crippen MR) is 80.3 cm³/mol. The van der Waals surface area contributed by atoms with Crippen molar-refractivity contribution in [2.24, 2.45) is 11.8 Å². The summed E-state index contributed by atoms with van der Waals surface area (Å²) in [4.78, 5) is 2.25. The molecule has 0 aliphatic carbocycles. The van der Waals surface area contributed by atoms with Gasteiger partial charge in [0.15, 0.2) is 0 Å². The third-order valence-electron chi connectivity index (χ3n) is 5.50. The van der Waals surface area contributed by atoms with Gasteiger partial charge in [-0.3, -0.25) is 11.3 Å². The molecule has 5 heteroatoms. The summed E-state index contributed by atoms with van der Waals surface area (Å²) in [5, 5.41) is 0. The number of hydrogen-bond donors (Lipinski definition) is 2. The SMILES string of the molecule is CN(C)C(C)(C)C(NN)C1CCOC2(CCOCC2)C1. The quantitative estimate of drug-likeness (QED) is 0.599. The molecule has 2 unspecified atom stereocenters. The number of hydrazine groups is 1. The lowest BCUT2D eigenvalue weighted by atomic mass is 9.73. The van der Waals surface area contributed by atoms with Crippen LogP contribution >= 0.6 is 0 Å². The predicted octanol–water partition coefficient (Wildman–Crippen LogP) is 1.13. The fourth-order valence-electron chi connectivity index (χ4n) is 3.64. The van der Waals surface area contributed by atoms with E-state index in [-0.39, 0.29) is 17.2 Å². The van der Waals surface area contributed by atoms with E-state index in [9.17, 15) is 0 Å². The van der Waals surface area contributed by atoms with Gasteiger partial charge in [-0.15, -0.1) is 0 Å². The van der Waals surface area contributed by atoms with Crippen LogP contribution in [0.4, 0.5) is 0 Å². The number of likely N-dealkylation sites (N-methyl/N-ethyl adjacent to an activating group) is 1. The summed E-state index contributed by atoms with van der Waals surface area (Å²) >= 11 is 0. The zero-order valence-corrected chi connectivity index (χ0v) is 13.4. The largest absolute Gasteiger partial charge is 0.381 e. The monoisotopic (exact) mass is 285 g/mol. The van der Waals surface area contributed by atoms with E-state index in [1.54, 1.807) is 0 Å². The van der Waals surface area contributed by atoms with Gasteiger partial charge in [0.2, 0.25) is 0 Å². The van der Waals surface area contributed by atoms with E-state index in [4.69, 9.17) is 15.3 Å². The Kier molecular flexibility index (Phi) is 5.08. The standard InChI is InChI=1S/C15H31N3O2/c1-14(2,18(3)4)13(17-16)12-5-8-20-15(11-12)6-9-19-10-7-15/h12-13,17H,5-11,16H2,1-4H3. The normalized spacial score (nSPS) is 28.8. The fraction of sp³-hybridized carbons (Fsp3) is 1.00. The molecule has 0 aromatic heterocycles. The molecule has 5 nitrogen and oxygen atoms in total. The number of rotatable bonds is 4. The van der Waals surface area contributed by atoms with Crippen LogP contribution in [0, 0.1) is 5.92 Å². The van der Waals surface area contributed by atoms with Crippen molar-refractivity contribution in [3.8, 4) is 0 Å². The van der Waals surface area contributed by atoms with E-state index in [1.165, 1.54) is 0 Å². The van der Waals surface area contributed by atoms with Gasteiger partial charge >= 0.3 is 0 Å². The Morgan fingerprint density at radius 2 is 1.90 bits per heavy atom. The van der Waals surface area contributed by atoms with Crippen molar-refractivity contribution in [1.29, 1.82) is 0 Å². The van der Waals surface area contributed by atoms with Crippen molar-refractivity contribution >= 4 is 0 Å². The summed E-state index contributed by atoms with van der Waals surface area (Å²) in [6.45, 7) is 6.99. The Hall–Kier alpha value is -0.200. The lowest BCUT2D eigenvalue weighted by Gasteiger charge is -2.50. The smallest absolute Gasteiger partial charge is 0.0729 e. The number of ether oxygens (including phenoxy) is 2. The third kappa shape index (κ3) is 3.17. The number of nitrogens with zero attached hydrogens (tertiary/aromatic N) is 1. The van der Waals surface area contributed by atoms with Crippen molar-refractivity contribution in [3.63, 3.8) is 0 Å². The summed E-state index contributed by atoms with van der Waals surface area (Å²) in [6, 6.07) is 0.265. The summed E-state index contributed by atoms with van der Waals surface area (Å²) in [7, 11) is 4.24. The molecule has 20 heavy (non-hydrogen) atoms.